The van der Waals surface area contributed by atoms with Crippen LogP contribution in [0.15, 0.2) is 12.1 Å². The maximum atomic E-state index is 10.8. The zero-order chi connectivity index (χ0) is 10.1. The van der Waals surface area contributed by atoms with Crippen molar-refractivity contribution in [2.45, 2.75) is 6.92 Å². The highest BCUT2D eigenvalue weighted by atomic mass is 16.3. The molecule has 6 nitrogen and oxygen atoms in total. The fourth-order valence-electron chi connectivity index (χ4n) is 1.19. The monoisotopic (exact) mass is 192 g/mol. The number of hydrogen-bond acceptors (Lipinski definition) is 4. The van der Waals surface area contributed by atoms with Gasteiger partial charge >= 0.3 is 0 Å². The highest BCUT2D eigenvalue weighted by molar-refractivity contribution is 5.95. The molecular weight excluding hydrogens is 184 g/mol. The number of aromatic amines is 1. The first kappa shape index (κ1) is 8.49. The second kappa shape index (κ2) is 2.99. The van der Waals surface area contributed by atoms with Crippen LogP contribution in [0.3, 0.4) is 0 Å². The topological polar surface area (TPSA) is 90.9 Å². The first-order valence-corrected chi connectivity index (χ1v) is 3.98. The largest absolute Gasteiger partial charge is 0.504 e. The second-order valence-corrected chi connectivity index (χ2v) is 2.83. The van der Waals surface area contributed by atoms with Crippen LogP contribution in [0.5, 0.6) is 5.75 Å². The number of carbonyl (C=O) groups is 1. The Kier molecular flexibility index (Phi) is 1.81. The number of amides is 1. The molecule has 0 spiro atoms. The number of aromatic nitrogens is 3. The van der Waals surface area contributed by atoms with E-state index in [2.05, 4.69) is 20.7 Å². The Hall–Kier alpha value is -2.11. The number of phenolic OH excluding ortho intramolecular Hbond substituents is 1. The SMILES string of the molecule is CC(=O)Nc1ccc2n[nH]nc2c1O. The highest BCUT2D eigenvalue weighted by Crippen LogP contribution is 2.29. The summed E-state index contributed by atoms with van der Waals surface area (Å²) in [4.78, 5) is 10.8. The van der Waals surface area contributed by atoms with Gasteiger partial charge in [0.2, 0.25) is 5.91 Å². The number of H-pyrrole nitrogens is 1. The van der Waals surface area contributed by atoms with Gasteiger partial charge in [-0.3, -0.25) is 4.79 Å². The molecule has 1 aromatic carbocycles. The van der Waals surface area contributed by atoms with Gasteiger partial charge < -0.3 is 10.4 Å². The van der Waals surface area contributed by atoms with Crippen LogP contribution >= 0.6 is 0 Å². The van der Waals surface area contributed by atoms with Crippen LogP contribution in [0.4, 0.5) is 5.69 Å². The first-order chi connectivity index (χ1) is 6.68. The lowest BCUT2D eigenvalue weighted by Gasteiger charge is -2.03. The lowest BCUT2D eigenvalue weighted by molar-refractivity contribution is -0.114. The minimum Gasteiger partial charge on any atom is -0.504 e. The number of fused-ring (bicyclic) bond motifs is 1. The Morgan fingerprint density at radius 3 is 3.00 bits per heavy atom. The van der Waals surface area contributed by atoms with E-state index in [4.69, 9.17) is 0 Å². The number of aromatic hydroxyl groups is 1. The van der Waals surface area contributed by atoms with Crippen LogP contribution in [0, 0.1) is 0 Å². The Balaban J connectivity index is 2.56. The van der Waals surface area contributed by atoms with Crippen LogP contribution in [0.25, 0.3) is 11.0 Å². The van der Waals surface area contributed by atoms with Gasteiger partial charge in [0.25, 0.3) is 0 Å². The minimum absolute atomic E-state index is 0.0774. The molecule has 6 heteroatoms. The van der Waals surface area contributed by atoms with Gasteiger partial charge in [0.15, 0.2) is 11.3 Å². The molecule has 0 atom stereocenters. The van der Waals surface area contributed by atoms with Crippen molar-refractivity contribution in [3.8, 4) is 5.75 Å². The van der Waals surface area contributed by atoms with E-state index in [1.165, 1.54) is 6.92 Å². The zero-order valence-electron chi connectivity index (χ0n) is 7.40. The van der Waals surface area contributed by atoms with E-state index in [1.807, 2.05) is 0 Å². The molecule has 0 unspecified atom stereocenters. The van der Waals surface area contributed by atoms with Gasteiger partial charge in [0.1, 0.15) is 5.52 Å². The molecule has 0 saturated carbocycles. The number of phenols is 1. The molecule has 0 bridgehead atoms. The molecule has 72 valence electrons. The van der Waals surface area contributed by atoms with Gasteiger partial charge in [-0.05, 0) is 12.1 Å². The predicted octanol–water partition coefficient (Wildman–Crippen LogP) is 0.622. The standard InChI is InChI=1S/C8H8N4O2/c1-4(13)9-6-3-2-5-7(8(6)14)11-12-10-5/h2-3,14H,1H3,(H,9,13)(H,10,11,12). The third kappa shape index (κ3) is 1.26. The third-order valence-electron chi connectivity index (χ3n) is 1.77. The fraction of sp³-hybridized carbons (Fsp3) is 0.125. The van der Waals surface area contributed by atoms with E-state index in [0.29, 0.717) is 16.7 Å². The molecule has 1 amide bonds. The Morgan fingerprint density at radius 1 is 1.50 bits per heavy atom. The van der Waals surface area contributed by atoms with Crippen LogP contribution in [0.1, 0.15) is 6.92 Å². The van der Waals surface area contributed by atoms with Crippen molar-refractivity contribution in [2.24, 2.45) is 0 Å². The van der Waals surface area contributed by atoms with Crippen molar-refractivity contribution in [1.29, 1.82) is 0 Å². The molecule has 0 radical (unpaired) electrons. The number of carbonyl (C=O) groups excluding carboxylic acids is 1. The Morgan fingerprint density at radius 2 is 2.29 bits per heavy atom. The molecule has 0 aliphatic heterocycles. The van der Waals surface area contributed by atoms with Crippen LogP contribution < -0.4 is 5.32 Å². The lowest BCUT2D eigenvalue weighted by atomic mass is 10.2. The molecule has 0 fully saturated rings. The molecule has 1 heterocycles. The van der Waals surface area contributed by atoms with Crippen molar-refractivity contribution in [3.63, 3.8) is 0 Å². The highest BCUT2D eigenvalue weighted by Gasteiger charge is 2.09. The molecule has 1 aromatic heterocycles. The number of anilines is 1. The summed E-state index contributed by atoms with van der Waals surface area (Å²) in [6.45, 7) is 1.37. The molecule has 2 rings (SSSR count). The van der Waals surface area contributed by atoms with E-state index in [9.17, 15) is 9.90 Å². The fourth-order valence-corrected chi connectivity index (χ4v) is 1.19. The van der Waals surface area contributed by atoms with Gasteiger partial charge in [-0.15, -0.1) is 0 Å². The normalized spacial score (nSPS) is 10.4. The van der Waals surface area contributed by atoms with Gasteiger partial charge in [0, 0.05) is 6.92 Å². The van der Waals surface area contributed by atoms with Crippen molar-refractivity contribution in [2.75, 3.05) is 5.32 Å². The summed E-state index contributed by atoms with van der Waals surface area (Å²) in [6.07, 6.45) is 0. The van der Waals surface area contributed by atoms with Crippen LogP contribution in [-0.4, -0.2) is 26.4 Å². The Labute approximate surface area is 78.9 Å². The summed E-state index contributed by atoms with van der Waals surface area (Å²) in [5.41, 5.74) is 1.23. The first-order valence-electron chi connectivity index (χ1n) is 3.98. The van der Waals surface area contributed by atoms with Crippen molar-refractivity contribution >= 4 is 22.6 Å². The van der Waals surface area contributed by atoms with Gasteiger partial charge in [-0.2, -0.15) is 15.4 Å². The van der Waals surface area contributed by atoms with Gasteiger partial charge in [0.05, 0.1) is 5.69 Å². The van der Waals surface area contributed by atoms with Crippen molar-refractivity contribution in [1.82, 2.24) is 15.4 Å². The summed E-state index contributed by atoms with van der Waals surface area (Å²) < 4.78 is 0. The maximum absolute atomic E-state index is 10.8. The van der Waals surface area contributed by atoms with Crippen LogP contribution in [-0.2, 0) is 4.79 Å². The molecule has 14 heavy (non-hydrogen) atoms. The minimum atomic E-state index is -0.247. The zero-order valence-corrected chi connectivity index (χ0v) is 7.40. The van der Waals surface area contributed by atoms with E-state index in [1.54, 1.807) is 12.1 Å². The average Bonchev–Trinajstić information content (AvgIpc) is 2.57. The second-order valence-electron chi connectivity index (χ2n) is 2.83. The smallest absolute Gasteiger partial charge is 0.221 e. The molecule has 2 aromatic rings. The number of benzene rings is 1. The molecule has 0 aliphatic carbocycles. The Bertz CT molecular complexity index is 491. The summed E-state index contributed by atoms with van der Waals surface area (Å²) in [5, 5.41) is 22.1. The molecular formula is C8H8N4O2. The average molecular weight is 192 g/mol. The number of nitrogens with one attached hydrogen (secondary N) is 2. The van der Waals surface area contributed by atoms with E-state index in [-0.39, 0.29) is 11.7 Å². The summed E-state index contributed by atoms with van der Waals surface area (Å²) in [6, 6.07) is 3.23. The van der Waals surface area contributed by atoms with E-state index < -0.39 is 0 Å². The quantitative estimate of drug-likeness (QED) is 0.577. The van der Waals surface area contributed by atoms with Crippen molar-refractivity contribution < 1.29 is 9.90 Å². The number of nitrogens with zero attached hydrogens (tertiary/aromatic N) is 2. The van der Waals surface area contributed by atoms with E-state index in [0.717, 1.165) is 0 Å². The number of rotatable bonds is 1. The maximum Gasteiger partial charge on any atom is 0.221 e. The predicted molar refractivity (Wildman–Crippen MR) is 49.9 cm³/mol. The lowest BCUT2D eigenvalue weighted by Crippen LogP contribution is -2.05. The molecule has 3 N–H and O–H groups in total. The summed E-state index contributed by atoms with van der Waals surface area (Å²) in [7, 11) is 0. The van der Waals surface area contributed by atoms with E-state index >= 15 is 0 Å². The third-order valence-corrected chi connectivity index (χ3v) is 1.77. The molecule has 0 aliphatic rings. The summed E-state index contributed by atoms with van der Waals surface area (Å²) in [5.74, 6) is -0.324. The van der Waals surface area contributed by atoms with Crippen molar-refractivity contribution in [3.05, 3.63) is 12.1 Å². The van der Waals surface area contributed by atoms with Gasteiger partial charge in [-0.1, -0.05) is 0 Å². The summed E-state index contributed by atoms with van der Waals surface area (Å²) >= 11 is 0. The molecule has 0 saturated heterocycles. The van der Waals surface area contributed by atoms with Crippen LogP contribution in [0.2, 0.25) is 0 Å². The number of hydrogen-bond donors (Lipinski definition) is 3. The van der Waals surface area contributed by atoms with Gasteiger partial charge in [-0.25, -0.2) is 0 Å².